The average molecular weight is 295 g/mol. The fraction of sp³-hybridized carbons (Fsp3) is 0.938. The van der Waals surface area contributed by atoms with Crippen LogP contribution in [-0.2, 0) is 0 Å². The largest absolute Gasteiger partial charge is 0.356 e. The molecule has 5 nitrogen and oxygen atoms in total. The Hall–Kier alpha value is -0.810. The highest BCUT2D eigenvalue weighted by atomic mass is 15.3. The molecular weight excluding hydrogens is 262 g/mol. The van der Waals surface area contributed by atoms with E-state index in [4.69, 9.17) is 0 Å². The van der Waals surface area contributed by atoms with Gasteiger partial charge in [0.05, 0.1) is 0 Å². The number of guanidine groups is 1. The molecule has 1 unspecified atom stereocenters. The molecule has 21 heavy (non-hydrogen) atoms. The van der Waals surface area contributed by atoms with Crippen LogP contribution in [-0.4, -0.2) is 75.2 Å². The number of nitrogens with zero attached hydrogens (tertiary/aromatic N) is 3. The van der Waals surface area contributed by atoms with Crippen LogP contribution in [0.3, 0.4) is 0 Å². The zero-order valence-electron chi connectivity index (χ0n) is 14.1. The predicted molar refractivity (Wildman–Crippen MR) is 89.9 cm³/mol. The van der Waals surface area contributed by atoms with Gasteiger partial charge in [0.1, 0.15) is 0 Å². The number of hydrogen-bond acceptors (Lipinski definition) is 3. The van der Waals surface area contributed by atoms with Crippen molar-refractivity contribution in [2.24, 2.45) is 4.99 Å². The Kier molecular flexibility index (Phi) is 6.77. The first-order valence-corrected chi connectivity index (χ1v) is 8.55. The molecule has 2 rings (SSSR count). The summed E-state index contributed by atoms with van der Waals surface area (Å²) in [5.41, 5.74) is 0. The lowest BCUT2D eigenvalue weighted by Gasteiger charge is -2.24. The normalized spacial score (nSPS) is 25.0. The quantitative estimate of drug-likeness (QED) is 0.438. The molecule has 2 fully saturated rings. The van der Waals surface area contributed by atoms with Gasteiger partial charge in [0, 0.05) is 38.8 Å². The van der Waals surface area contributed by atoms with Crippen LogP contribution in [0.1, 0.15) is 38.5 Å². The Morgan fingerprint density at radius 3 is 2.67 bits per heavy atom. The molecule has 0 aromatic rings. The molecule has 1 aliphatic heterocycles. The highest BCUT2D eigenvalue weighted by molar-refractivity contribution is 5.79. The van der Waals surface area contributed by atoms with E-state index in [2.05, 4.69) is 39.5 Å². The van der Waals surface area contributed by atoms with Gasteiger partial charge in [-0.15, -0.1) is 0 Å². The molecule has 1 heterocycles. The van der Waals surface area contributed by atoms with Gasteiger partial charge in [0.25, 0.3) is 0 Å². The van der Waals surface area contributed by atoms with Crippen molar-refractivity contribution in [1.29, 1.82) is 0 Å². The van der Waals surface area contributed by atoms with Crippen LogP contribution in [0.15, 0.2) is 4.99 Å². The topological polar surface area (TPSA) is 42.9 Å². The van der Waals surface area contributed by atoms with Crippen LogP contribution < -0.4 is 10.6 Å². The fourth-order valence-corrected chi connectivity index (χ4v) is 3.50. The van der Waals surface area contributed by atoms with E-state index in [1.807, 2.05) is 7.05 Å². The average Bonchev–Trinajstić information content (AvgIpc) is 3.12. The van der Waals surface area contributed by atoms with Gasteiger partial charge in [-0.3, -0.25) is 9.89 Å². The summed E-state index contributed by atoms with van der Waals surface area (Å²) in [6, 6.07) is 1.41. The molecule has 2 N–H and O–H groups in total. The van der Waals surface area contributed by atoms with E-state index < -0.39 is 0 Å². The Bertz CT molecular complexity index is 323. The lowest BCUT2D eigenvalue weighted by atomic mass is 10.2. The first kappa shape index (κ1) is 16.6. The molecule has 0 aromatic carbocycles. The second kappa shape index (κ2) is 8.59. The van der Waals surface area contributed by atoms with E-state index in [-0.39, 0.29) is 0 Å². The van der Waals surface area contributed by atoms with Crippen molar-refractivity contribution in [1.82, 2.24) is 20.4 Å². The Labute approximate surface area is 130 Å². The molecule has 1 saturated heterocycles. The standard InChI is InChI=1S/C16H33N5/c1-17-16(18-10-6-11-20(2)3)19-14-9-12-21(13-14)15-7-4-5-8-15/h14-15H,4-13H2,1-3H3,(H2,17,18,19). The first-order valence-electron chi connectivity index (χ1n) is 8.55. The van der Waals surface area contributed by atoms with Crippen LogP contribution in [0, 0.1) is 0 Å². The molecular formula is C16H33N5. The molecule has 5 heteroatoms. The summed E-state index contributed by atoms with van der Waals surface area (Å²) in [5, 5.41) is 7.02. The van der Waals surface area contributed by atoms with E-state index in [0.29, 0.717) is 6.04 Å². The summed E-state index contributed by atoms with van der Waals surface area (Å²) >= 11 is 0. The summed E-state index contributed by atoms with van der Waals surface area (Å²) < 4.78 is 0. The van der Waals surface area contributed by atoms with Gasteiger partial charge in [0.15, 0.2) is 5.96 Å². The van der Waals surface area contributed by atoms with Crippen molar-refractivity contribution in [2.75, 3.05) is 47.3 Å². The van der Waals surface area contributed by atoms with Gasteiger partial charge in [-0.2, -0.15) is 0 Å². The third kappa shape index (κ3) is 5.47. The maximum atomic E-state index is 4.35. The second-order valence-corrected chi connectivity index (χ2v) is 6.72. The lowest BCUT2D eigenvalue weighted by Crippen LogP contribution is -2.45. The molecule has 0 amide bonds. The van der Waals surface area contributed by atoms with E-state index in [9.17, 15) is 0 Å². The molecule has 0 radical (unpaired) electrons. The minimum Gasteiger partial charge on any atom is -0.356 e. The van der Waals surface area contributed by atoms with Crippen LogP contribution in [0.4, 0.5) is 0 Å². The summed E-state index contributed by atoms with van der Waals surface area (Å²) in [4.78, 5) is 9.25. The minimum absolute atomic E-state index is 0.561. The molecule has 122 valence electrons. The number of aliphatic imine (C=N–C) groups is 1. The maximum Gasteiger partial charge on any atom is 0.191 e. The van der Waals surface area contributed by atoms with Gasteiger partial charge < -0.3 is 15.5 Å². The van der Waals surface area contributed by atoms with Gasteiger partial charge in [-0.05, 0) is 46.3 Å². The Morgan fingerprint density at radius 2 is 2.00 bits per heavy atom. The molecule has 0 aromatic heterocycles. The molecule has 2 aliphatic rings. The van der Waals surface area contributed by atoms with E-state index in [1.54, 1.807) is 0 Å². The second-order valence-electron chi connectivity index (χ2n) is 6.72. The SMILES string of the molecule is CN=C(NCCCN(C)C)NC1CCN(C2CCCC2)C1. The highest BCUT2D eigenvalue weighted by Gasteiger charge is 2.30. The van der Waals surface area contributed by atoms with Crippen molar-refractivity contribution >= 4 is 5.96 Å². The highest BCUT2D eigenvalue weighted by Crippen LogP contribution is 2.26. The van der Waals surface area contributed by atoms with E-state index in [0.717, 1.165) is 31.5 Å². The number of likely N-dealkylation sites (tertiary alicyclic amines) is 1. The molecule has 1 aliphatic carbocycles. The van der Waals surface area contributed by atoms with Gasteiger partial charge >= 0.3 is 0 Å². The molecule has 0 bridgehead atoms. The zero-order chi connectivity index (χ0) is 15.1. The van der Waals surface area contributed by atoms with Crippen LogP contribution in [0.2, 0.25) is 0 Å². The number of nitrogens with one attached hydrogen (secondary N) is 2. The number of hydrogen-bond donors (Lipinski definition) is 2. The third-order valence-corrected chi connectivity index (χ3v) is 4.70. The van der Waals surface area contributed by atoms with Crippen LogP contribution >= 0.6 is 0 Å². The van der Waals surface area contributed by atoms with Crippen molar-refractivity contribution in [3.05, 3.63) is 0 Å². The number of rotatable bonds is 6. The zero-order valence-corrected chi connectivity index (χ0v) is 14.1. The minimum atomic E-state index is 0.561. The Balaban J connectivity index is 1.65. The first-order chi connectivity index (χ1) is 10.2. The molecule has 1 atom stereocenters. The summed E-state index contributed by atoms with van der Waals surface area (Å²) in [6.45, 7) is 4.53. The monoisotopic (exact) mass is 295 g/mol. The van der Waals surface area contributed by atoms with Crippen LogP contribution in [0.5, 0.6) is 0 Å². The summed E-state index contributed by atoms with van der Waals surface area (Å²) in [7, 11) is 6.09. The van der Waals surface area contributed by atoms with Gasteiger partial charge in [0.2, 0.25) is 0 Å². The van der Waals surface area contributed by atoms with Crippen molar-refractivity contribution in [2.45, 2.75) is 50.6 Å². The smallest absolute Gasteiger partial charge is 0.191 e. The van der Waals surface area contributed by atoms with Crippen molar-refractivity contribution in [3.63, 3.8) is 0 Å². The van der Waals surface area contributed by atoms with Crippen molar-refractivity contribution < 1.29 is 0 Å². The molecule has 0 spiro atoms. The summed E-state index contributed by atoms with van der Waals surface area (Å²) in [6.07, 6.45) is 8.05. The fourth-order valence-electron chi connectivity index (χ4n) is 3.50. The van der Waals surface area contributed by atoms with Gasteiger partial charge in [-0.25, -0.2) is 0 Å². The lowest BCUT2D eigenvalue weighted by molar-refractivity contribution is 0.242. The van der Waals surface area contributed by atoms with Gasteiger partial charge in [-0.1, -0.05) is 12.8 Å². The maximum absolute atomic E-state index is 4.35. The predicted octanol–water partition coefficient (Wildman–Crippen LogP) is 1.12. The molecule has 1 saturated carbocycles. The third-order valence-electron chi connectivity index (χ3n) is 4.70. The van der Waals surface area contributed by atoms with Crippen molar-refractivity contribution in [3.8, 4) is 0 Å². The Morgan fingerprint density at radius 1 is 1.24 bits per heavy atom. The van der Waals surface area contributed by atoms with E-state index in [1.165, 1.54) is 45.2 Å². The summed E-state index contributed by atoms with van der Waals surface area (Å²) in [5.74, 6) is 0.965. The van der Waals surface area contributed by atoms with E-state index >= 15 is 0 Å². The van der Waals surface area contributed by atoms with Crippen LogP contribution in [0.25, 0.3) is 0 Å².